The number of carbonyl (C=O) groups excluding carboxylic acids is 2. The van der Waals surface area contributed by atoms with E-state index >= 15 is 0 Å². The Morgan fingerprint density at radius 3 is 2.00 bits per heavy atom. The van der Waals surface area contributed by atoms with Crippen molar-refractivity contribution in [1.29, 1.82) is 0 Å². The van der Waals surface area contributed by atoms with Crippen LogP contribution in [0, 0.1) is 0 Å². The third-order valence-electron chi connectivity index (χ3n) is 4.68. The van der Waals surface area contributed by atoms with Crippen LogP contribution in [0.3, 0.4) is 0 Å². The number of carbonyl (C=O) groups is 2. The van der Waals surface area contributed by atoms with E-state index in [0.717, 1.165) is 31.6 Å². The monoisotopic (exact) mass is 307 g/mol. The summed E-state index contributed by atoms with van der Waals surface area (Å²) in [7, 11) is 0. The number of piperidine rings is 1. The number of pyridine rings is 1. The summed E-state index contributed by atoms with van der Waals surface area (Å²) in [6.07, 6.45) is 5.17. The van der Waals surface area contributed by atoms with Crippen molar-refractivity contribution >= 4 is 17.5 Å². The average Bonchev–Trinajstić information content (AvgIpc) is 2.87. The molecule has 23 heavy (non-hydrogen) atoms. The highest BCUT2D eigenvalue weighted by Gasteiger charge is 2.40. The first-order chi connectivity index (χ1) is 11.3. The van der Waals surface area contributed by atoms with Crippen LogP contribution < -0.4 is 4.90 Å². The van der Waals surface area contributed by atoms with Crippen LogP contribution in [0.15, 0.2) is 48.8 Å². The van der Waals surface area contributed by atoms with Crippen LogP contribution in [-0.4, -0.2) is 40.8 Å². The van der Waals surface area contributed by atoms with Crippen LogP contribution in [0.2, 0.25) is 0 Å². The van der Waals surface area contributed by atoms with Gasteiger partial charge in [0.15, 0.2) is 0 Å². The summed E-state index contributed by atoms with van der Waals surface area (Å²) in [6.45, 7) is 1.67. The van der Waals surface area contributed by atoms with Gasteiger partial charge in [0.25, 0.3) is 11.8 Å². The second kappa shape index (κ2) is 5.50. The molecule has 0 N–H and O–H groups in total. The molecule has 5 heteroatoms. The van der Waals surface area contributed by atoms with Crippen molar-refractivity contribution in [3.8, 4) is 0 Å². The number of nitrogens with zero attached hydrogens (tertiary/aromatic N) is 3. The third-order valence-corrected chi connectivity index (χ3v) is 4.68. The van der Waals surface area contributed by atoms with Gasteiger partial charge in [-0.3, -0.25) is 19.5 Å². The zero-order valence-electron chi connectivity index (χ0n) is 12.7. The number of imide groups is 1. The number of anilines is 1. The van der Waals surface area contributed by atoms with E-state index in [1.54, 1.807) is 36.7 Å². The van der Waals surface area contributed by atoms with Crippen LogP contribution in [0.5, 0.6) is 0 Å². The second-order valence-corrected chi connectivity index (χ2v) is 5.95. The number of aromatic nitrogens is 1. The summed E-state index contributed by atoms with van der Waals surface area (Å²) in [5.41, 5.74) is 2.21. The summed E-state index contributed by atoms with van der Waals surface area (Å²) < 4.78 is 0. The molecule has 0 radical (unpaired) electrons. The lowest BCUT2D eigenvalue weighted by Gasteiger charge is -2.36. The Balaban J connectivity index is 1.50. The van der Waals surface area contributed by atoms with E-state index in [4.69, 9.17) is 0 Å². The number of hydrogen-bond acceptors (Lipinski definition) is 4. The number of hydrogen-bond donors (Lipinski definition) is 0. The van der Waals surface area contributed by atoms with Crippen molar-refractivity contribution in [2.75, 3.05) is 18.0 Å². The molecule has 2 aliphatic heterocycles. The quantitative estimate of drug-likeness (QED) is 0.799. The molecule has 0 atom stereocenters. The maximum atomic E-state index is 12.5. The van der Waals surface area contributed by atoms with Gasteiger partial charge in [-0.15, -0.1) is 0 Å². The maximum absolute atomic E-state index is 12.5. The first kappa shape index (κ1) is 13.9. The summed E-state index contributed by atoms with van der Waals surface area (Å²) in [5.74, 6) is -0.291. The lowest BCUT2D eigenvalue weighted by atomic mass is 10.0. The van der Waals surface area contributed by atoms with Gasteiger partial charge in [0.2, 0.25) is 0 Å². The Morgan fingerprint density at radius 2 is 1.43 bits per heavy atom. The van der Waals surface area contributed by atoms with E-state index < -0.39 is 0 Å². The molecule has 4 rings (SSSR count). The number of amides is 2. The minimum Gasteiger partial charge on any atom is -0.371 e. The molecule has 1 fully saturated rings. The lowest BCUT2D eigenvalue weighted by Crippen LogP contribution is -2.47. The molecule has 0 spiro atoms. The van der Waals surface area contributed by atoms with Gasteiger partial charge in [-0.1, -0.05) is 12.1 Å². The Kier molecular flexibility index (Phi) is 3.33. The molecular formula is C18H17N3O2. The number of fused-ring (bicyclic) bond motifs is 1. The predicted molar refractivity (Wildman–Crippen MR) is 86.4 cm³/mol. The third kappa shape index (κ3) is 2.29. The van der Waals surface area contributed by atoms with E-state index in [0.29, 0.717) is 11.1 Å². The fraction of sp³-hybridized carbons (Fsp3) is 0.278. The average molecular weight is 307 g/mol. The molecular weight excluding hydrogens is 290 g/mol. The van der Waals surface area contributed by atoms with Gasteiger partial charge in [-0.25, -0.2) is 0 Å². The number of rotatable bonds is 2. The first-order valence-electron chi connectivity index (χ1n) is 7.87. The highest BCUT2D eigenvalue weighted by Crippen LogP contribution is 2.29. The lowest BCUT2D eigenvalue weighted by molar-refractivity contribution is 0.0561. The zero-order chi connectivity index (χ0) is 15.8. The summed E-state index contributed by atoms with van der Waals surface area (Å²) in [5, 5.41) is 0. The Bertz CT molecular complexity index is 717. The van der Waals surface area contributed by atoms with Gasteiger partial charge in [-0.2, -0.15) is 0 Å². The Hall–Kier alpha value is -2.69. The second-order valence-electron chi connectivity index (χ2n) is 5.95. The first-order valence-corrected chi connectivity index (χ1v) is 7.87. The van der Waals surface area contributed by atoms with E-state index in [2.05, 4.69) is 9.88 Å². The maximum Gasteiger partial charge on any atom is 0.261 e. The molecule has 2 aromatic rings. The van der Waals surface area contributed by atoms with E-state index in [1.165, 1.54) is 4.90 Å². The molecule has 0 aliphatic carbocycles. The SMILES string of the molecule is O=C1c2ccccc2C(=O)N1C1CCN(c2ccncc2)CC1. The summed E-state index contributed by atoms with van der Waals surface area (Å²) in [6, 6.07) is 11.0. The minimum absolute atomic E-state index is 0.0134. The van der Waals surface area contributed by atoms with Crippen LogP contribution in [-0.2, 0) is 0 Å². The molecule has 0 unspecified atom stereocenters. The molecule has 1 aromatic heterocycles. The van der Waals surface area contributed by atoms with Crippen LogP contribution in [0.4, 0.5) is 5.69 Å². The van der Waals surface area contributed by atoms with E-state index in [9.17, 15) is 9.59 Å². The highest BCUT2D eigenvalue weighted by atomic mass is 16.2. The molecule has 1 saturated heterocycles. The molecule has 3 heterocycles. The summed E-state index contributed by atoms with van der Waals surface area (Å²) >= 11 is 0. The van der Waals surface area contributed by atoms with Crippen LogP contribution in [0.1, 0.15) is 33.6 Å². The van der Waals surface area contributed by atoms with Gasteiger partial charge in [0, 0.05) is 37.2 Å². The van der Waals surface area contributed by atoms with E-state index in [1.807, 2.05) is 12.1 Å². The van der Waals surface area contributed by atoms with Crippen molar-refractivity contribution < 1.29 is 9.59 Å². The molecule has 0 bridgehead atoms. The largest absolute Gasteiger partial charge is 0.371 e. The van der Waals surface area contributed by atoms with Crippen molar-refractivity contribution in [2.45, 2.75) is 18.9 Å². The van der Waals surface area contributed by atoms with Crippen molar-refractivity contribution in [3.63, 3.8) is 0 Å². The van der Waals surface area contributed by atoms with Gasteiger partial charge < -0.3 is 4.90 Å². The minimum atomic E-state index is -0.145. The van der Waals surface area contributed by atoms with E-state index in [-0.39, 0.29) is 17.9 Å². The van der Waals surface area contributed by atoms with Crippen molar-refractivity contribution in [2.24, 2.45) is 0 Å². The predicted octanol–water partition coefficient (Wildman–Crippen LogP) is 2.35. The Morgan fingerprint density at radius 1 is 0.870 bits per heavy atom. The highest BCUT2D eigenvalue weighted by molar-refractivity contribution is 6.21. The number of benzene rings is 1. The molecule has 116 valence electrons. The van der Waals surface area contributed by atoms with Crippen LogP contribution >= 0.6 is 0 Å². The van der Waals surface area contributed by atoms with Gasteiger partial charge in [0.1, 0.15) is 0 Å². The van der Waals surface area contributed by atoms with Crippen molar-refractivity contribution in [3.05, 3.63) is 59.9 Å². The normalized spacial score (nSPS) is 18.4. The van der Waals surface area contributed by atoms with Crippen LogP contribution in [0.25, 0.3) is 0 Å². The molecule has 2 aliphatic rings. The Labute approximate surface area is 134 Å². The fourth-order valence-electron chi connectivity index (χ4n) is 3.48. The molecule has 2 amide bonds. The van der Waals surface area contributed by atoms with Gasteiger partial charge in [-0.05, 0) is 37.1 Å². The topological polar surface area (TPSA) is 53.5 Å². The smallest absolute Gasteiger partial charge is 0.261 e. The van der Waals surface area contributed by atoms with Crippen molar-refractivity contribution in [1.82, 2.24) is 9.88 Å². The summed E-state index contributed by atoms with van der Waals surface area (Å²) in [4.78, 5) is 32.9. The molecule has 1 aromatic carbocycles. The fourth-order valence-corrected chi connectivity index (χ4v) is 3.48. The standard InChI is InChI=1S/C18H17N3O2/c22-17-15-3-1-2-4-16(15)18(23)21(17)14-7-11-20(12-8-14)13-5-9-19-10-6-13/h1-6,9-10,14H,7-8,11-12H2. The molecule has 5 nitrogen and oxygen atoms in total. The molecule has 0 saturated carbocycles. The zero-order valence-corrected chi connectivity index (χ0v) is 12.7. The van der Waals surface area contributed by atoms with Gasteiger partial charge in [0.05, 0.1) is 11.1 Å². The van der Waals surface area contributed by atoms with Gasteiger partial charge >= 0.3 is 0 Å².